The highest BCUT2D eigenvalue weighted by atomic mass is 19.2. The molecule has 2 atom stereocenters. The quantitative estimate of drug-likeness (QED) is 0.229. The molecule has 3 aromatic heterocycles. The molecular formula is C28H23F2N9O. The molecule has 0 bridgehead atoms. The van der Waals surface area contributed by atoms with Gasteiger partial charge in [0.25, 0.3) is 5.91 Å². The van der Waals surface area contributed by atoms with Gasteiger partial charge in [0.1, 0.15) is 11.9 Å². The van der Waals surface area contributed by atoms with Gasteiger partial charge in [0, 0.05) is 11.8 Å². The second kappa shape index (κ2) is 10.7. The fourth-order valence-electron chi connectivity index (χ4n) is 4.17. The van der Waals surface area contributed by atoms with Crippen molar-refractivity contribution in [1.82, 2.24) is 30.5 Å². The van der Waals surface area contributed by atoms with Crippen LogP contribution in [0.4, 0.5) is 20.4 Å². The van der Waals surface area contributed by atoms with Gasteiger partial charge in [0.15, 0.2) is 34.5 Å². The summed E-state index contributed by atoms with van der Waals surface area (Å²) in [6.07, 6.45) is 2.98. The molecule has 0 unspecified atom stereocenters. The van der Waals surface area contributed by atoms with Gasteiger partial charge in [0.05, 0.1) is 23.7 Å². The fraction of sp³-hybridized carbons (Fsp3) is 0.143. The van der Waals surface area contributed by atoms with E-state index in [-0.39, 0.29) is 23.2 Å². The van der Waals surface area contributed by atoms with Crippen LogP contribution in [0.1, 0.15) is 53.2 Å². The molecule has 0 saturated heterocycles. The van der Waals surface area contributed by atoms with E-state index in [1.165, 1.54) is 12.3 Å². The summed E-state index contributed by atoms with van der Waals surface area (Å²) < 4.78 is 27.0. The third kappa shape index (κ3) is 5.25. The molecule has 40 heavy (non-hydrogen) atoms. The number of hydrogen-bond donors (Lipinski definition) is 4. The molecule has 0 spiro atoms. The number of amides is 1. The van der Waals surface area contributed by atoms with E-state index >= 15 is 0 Å². The molecule has 3 heterocycles. The fourth-order valence-corrected chi connectivity index (χ4v) is 4.17. The summed E-state index contributed by atoms with van der Waals surface area (Å²) >= 11 is 0. The molecule has 0 aliphatic carbocycles. The van der Waals surface area contributed by atoms with Crippen molar-refractivity contribution in [3.05, 3.63) is 95.1 Å². The van der Waals surface area contributed by atoms with E-state index in [0.29, 0.717) is 17.0 Å². The summed E-state index contributed by atoms with van der Waals surface area (Å²) in [5, 5.41) is 22.7. The van der Waals surface area contributed by atoms with E-state index in [2.05, 4.69) is 35.8 Å². The topological polar surface area (TPSA) is 158 Å². The minimum absolute atomic E-state index is 0.0444. The minimum Gasteiger partial charge on any atom is -0.384 e. The lowest BCUT2D eigenvalue weighted by molar-refractivity contribution is 0.0935. The Kier molecular flexibility index (Phi) is 7.03. The summed E-state index contributed by atoms with van der Waals surface area (Å²) in [6.45, 7) is 3.51. The van der Waals surface area contributed by atoms with Crippen molar-refractivity contribution in [2.45, 2.75) is 25.9 Å². The lowest BCUT2D eigenvalue weighted by atomic mass is 10.0. The molecule has 1 amide bonds. The van der Waals surface area contributed by atoms with Crippen LogP contribution in [0, 0.1) is 23.0 Å². The predicted molar refractivity (Wildman–Crippen MR) is 145 cm³/mol. The van der Waals surface area contributed by atoms with Crippen molar-refractivity contribution in [2.75, 3.05) is 11.1 Å². The van der Waals surface area contributed by atoms with Crippen LogP contribution >= 0.6 is 0 Å². The molecular weight excluding hydrogens is 516 g/mol. The number of benzene rings is 2. The van der Waals surface area contributed by atoms with Crippen molar-refractivity contribution in [3.63, 3.8) is 0 Å². The lowest BCUT2D eigenvalue weighted by Crippen LogP contribution is -2.29. The van der Waals surface area contributed by atoms with E-state index < -0.39 is 23.6 Å². The van der Waals surface area contributed by atoms with Crippen molar-refractivity contribution in [2.24, 2.45) is 0 Å². The first kappa shape index (κ1) is 26.2. The number of aromatic nitrogens is 5. The van der Waals surface area contributed by atoms with Gasteiger partial charge < -0.3 is 16.4 Å². The number of pyridine rings is 1. The molecule has 10 nitrogen and oxygen atoms in total. The van der Waals surface area contributed by atoms with Gasteiger partial charge in [-0.05, 0) is 48.7 Å². The van der Waals surface area contributed by atoms with Crippen LogP contribution in [0.3, 0.4) is 0 Å². The van der Waals surface area contributed by atoms with Gasteiger partial charge in [0.2, 0.25) is 0 Å². The van der Waals surface area contributed by atoms with Gasteiger partial charge in [-0.25, -0.2) is 23.7 Å². The Hall–Kier alpha value is -5.44. The average Bonchev–Trinajstić information content (AvgIpc) is 3.34. The van der Waals surface area contributed by atoms with E-state index in [1.54, 1.807) is 13.1 Å². The highest BCUT2D eigenvalue weighted by molar-refractivity contribution is 5.97. The van der Waals surface area contributed by atoms with Crippen LogP contribution < -0.4 is 16.4 Å². The van der Waals surface area contributed by atoms with E-state index in [0.717, 1.165) is 34.2 Å². The third-order valence-corrected chi connectivity index (χ3v) is 6.43. The van der Waals surface area contributed by atoms with Gasteiger partial charge in [-0.3, -0.25) is 9.89 Å². The molecule has 200 valence electrons. The van der Waals surface area contributed by atoms with Crippen LogP contribution in [-0.4, -0.2) is 31.1 Å². The molecule has 0 aliphatic rings. The Balaban J connectivity index is 1.35. The van der Waals surface area contributed by atoms with Gasteiger partial charge in [-0.2, -0.15) is 10.4 Å². The van der Waals surface area contributed by atoms with Crippen molar-refractivity contribution < 1.29 is 13.6 Å². The zero-order valence-corrected chi connectivity index (χ0v) is 21.4. The number of halogens is 2. The number of aromatic amines is 1. The highest BCUT2D eigenvalue weighted by Crippen LogP contribution is 2.27. The molecule has 12 heteroatoms. The number of nitriles is 1. The first-order valence-corrected chi connectivity index (χ1v) is 12.2. The second-order valence-corrected chi connectivity index (χ2v) is 9.15. The van der Waals surface area contributed by atoms with Gasteiger partial charge >= 0.3 is 0 Å². The Labute approximate surface area is 227 Å². The summed E-state index contributed by atoms with van der Waals surface area (Å²) in [5.41, 5.74) is 9.38. The Morgan fingerprint density at radius 1 is 0.975 bits per heavy atom. The number of anilines is 2. The molecule has 0 fully saturated rings. The van der Waals surface area contributed by atoms with Crippen LogP contribution in [-0.2, 0) is 0 Å². The summed E-state index contributed by atoms with van der Waals surface area (Å²) in [7, 11) is 0. The molecule has 5 N–H and O–H groups in total. The maximum atomic E-state index is 13.7. The monoisotopic (exact) mass is 539 g/mol. The van der Waals surface area contributed by atoms with E-state index in [9.17, 15) is 18.8 Å². The summed E-state index contributed by atoms with van der Waals surface area (Å²) in [4.78, 5) is 25.9. The standard InChI is InChI=1S/C28H23F2N9O/c1-14(16-3-5-17(6-4-16)19-9-21-25(32)38-39-26(21)33-12-19)35-27-24(37-20(11-31)13-34-27)28(40)36-15(2)18-7-8-22(29)23(30)10-18/h3-10,12-15H,1-2H3,(H,34,35)(H,36,40)(H3,32,33,38,39)/t14-,15-/m0/s1. The van der Waals surface area contributed by atoms with Gasteiger partial charge in [-0.1, -0.05) is 30.3 Å². The minimum atomic E-state index is -1.02. The Morgan fingerprint density at radius 3 is 2.45 bits per heavy atom. The molecule has 0 radical (unpaired) electrons. The average molecular weight is 540 g/mol. The Bertz CT molecular complexity index is 1760. The molecule has 0 saturated carbocycles. The van der Waals surface area contributed by atoms with E-state index in [1.807, 2.05) is 43.3 Å². The molecule has 5 rings (SSSR count). The largest absolute Gasteiger partial charge is 0.384 e. The second-order valence-electron chi connectivity index (χ2n) is 9.15. The number of nitrogens with two attached hydrogens (primary N) is 1. The number of nitrogen functional groups attached to an aromatic ring is 1. The molecule has 0 aliphatic heterocycles. The number of nitrogens with zero attached hydrogens (tertiary/aromatic N) is 5. The van der Waals surface area contributed by atoms with E-state index in [4.69, 9.17) is 5.73 Å². The van der Waals surface area contributed by atoms with Gasteiger partial charge in [-0.15, -0.1) is 0 Å². The van der Waals surface area contributed by atoms with Crippen molar-refractivity contribution in [3.8, 4) is 17.2 Å². The summed E-state index contributed by atoms with van der Waals surface area (Å²) in [6, 6.07) is 13.9. The third-order valence-electron chi connectivity index (χ3n) is 6.43. The summed E-state index contributed by atoms with van der Waals surface area (Å²) in [5.74, 6) is -2.02. The highest BCUT2D eigenvalue weighted by Gasteiger charge is 2.21. The predicted octanol–water partition coefficient (Wildman–Crippen LogP) is 4.81. The normalized spacial score (nSPS) is 12.5. The molecule has 5 aromatic rings. The zero-order chi connectivity index (χ0) is 28.4. The number of nitrogens with one attached hydrogen (secondary N) is 3. The first-order valence-electron chi connectivity index (χ1n) is 12.2. The number of fused-ring (bicyclic) bond motifs is 1. The number of carbonyl (C=O) groups excluding carboxylic acids is 1. The number of H-pyrrole nitrogens is 1. The van der Waals surface area contributed by atoms with Crippen LogP contribution in [0.25, 0.3) is 22.2 Å². The van der Waals surface area contributed by atoms with Crippen LogP contribution in [0.5, 0.6) is 0 Å². The number of carbonyl (C=O) groups is 1. The number of rotatable bonds is 7. The van der Waals surface area contributed by atoms with Crippen molar-refractivity contribution >= 4 is 28.6 Å². The molecule has 2 aromatic carbocycles. The smallest absolute Gasteiger partial charge is 0.274 e. The Morgan fingerprint density at radius 2 is 1.73 bits per heavy atom. The number of hydrogen-bond acceptors (Lipinski definition) is 8. The maximum absolute atomic E-state index is 13.7. The van der Waals surface area contributed by atoms with Crippen LogP contribution in [0.15, 0.2) is 60.9 Å². The maximum Gasteiger partial charge on any atom is 0.274 e. The zero-order valence-electron chi connectivity index (χ0n) is 21.4. The van der Waals surface area contributed by atoms with Crippen LogP contribution in [0.2, 0.25) is 0 Å². The first-order chi connectivity index (χ1) is 19.2. The lowest BCUT2D eigenvalue weighted by Gasteiger charge is -2.19. The van der Waals surface area contributed by atoms with Crippen molar-refractivity contribution in [1.29, 1.82) is 5.26 Å². The SMILES string of the molecule is C[C@H](NC(=O)c1nc(C#N)cnc1N[C@@H](C)c1ccc(-c2cnc3n[nH]c(N)c3c2)cc1)c1ccc(F)c(F)c1.